The minimum atomic E-state index is -3.67. The van der Waals surface area contributed by atoms with E-state index in [0.717, 1.165) is 29.7 Å². The number of amides is 1. The van der Waals surface area contributed by atoms with Crippen LogP contribution in [-0.4, -0.2) is 31.7 Å². The predicted octanol–water partition coefficient (Wildman–Crippen LogP) is 3.80. The van der Waals surface area contributed by atoms with E-state index in [9.17, 15) is 17.6 Å². The van der Waals surface area contributed by atoms with Crippen molar-refractivity contribution < 1.29 is 17.6 Å². The molecular weight excluding hydrogens is 391 g/mol. The number of nitrogens with one attached hydrogen (secondary N) is 1. The number of sulfonamides is 1. The van der Waals surface area contributed by atoms with Gasteiger partial charge in [-0.1, -0.05) is 31.2 Å². The number of piperidine rings is 1. The normalized spacial score (nSPS) is 17.1. The lowest BCUT2D eigenvalue weighted by Crippen LogP contribution is -2.43. The fourth-order valence-electron chi connectivity index (χ4n) is 3.78. The second-order valence-corrected chi connectivity index (χ2v) is 9.40. The molecule has 3 rings (SSSR count). The molecule has 156 valence electrons. The van der Waals surface area contributed by atoms with E-state index in [4.69, 9.17) is 0 Å². The smallest absolute Gasteiger partial charge is 0.243 e. The number of benzene rings is 2. The van der Waals surface area contributed by atoms with E-state index < -0.39 is 15.8 Å². The third-order valence-electron chi connectivity index (χ3n) is 5.56. The summed E-state index contributed by atoms with van der Waals surface area (Å²) >= 11 is 0. The summed E-state index contributed by atoms with van der Waals surface area (Å²) < 4.78 is 39.9. The molecule has 0 aliphatic carbocycles. The molecule has 1 aliphatic rings. The van der Waals surface area contributed by atoms with E-state index in [0.29, 0.717) is 12.8 Å². The highest BCUT2D eigenvalue weighted by Crippen LogP contribution is 2.26. The van der Waals surface area contributed by atoms with Crippen molar-refractivity contribution in [3.8, 4) is 0 Å². The SMILES string of the molecule is CC[C@@H](NC(=O)C1CCN(S(=O)(=O)c2ccc(F)cc2)CC1)c1ccccc1C. The summed E-state index contributed by atoms with van der Waals surface area (Å²) in [5.41, 5.74) is 2.25. The Morgan fingerprint density at radius 1 is 1.14 bits per heavy atom. The summed E-state index contributed by atoms with van der Waals surface area (Å²) in [6, 6.07) is 12.8. The molecule has 0 radical (unpaired) electrons. The van der Waals surface area contributed by atoms with E-state index in [2.05, 4.69) is 5.32 Å². The van der Waals surface area contributed by atoms with Crippen LogP contribution < -0.4 is 5.32 Å². The molecule has 1 atom stereocenters. The quantitative estimate of drug-likeness (QED) is 0.776. The van der Waals surface area contributed by atoms with Crippen LogP contribution in [0.15, 0.2) is 53.4 Å². The van der Waals surface area contributed by atoms with Gasteiger partial charge in [0.15, 0.2) is 0 Å². The summed E-state index contributed by atoms with van der Waals surface area (Å²) in [5, 5.41) is 3.14. The highest BCUT2D eigenvalue weighted by atomic mass is 32.2. The van der Waals surface area contributed by atoms with Crippen molar-refractivity contribution in [2.75, 3.05) is 13.1 Å². The first-order valence-corrected chi connectivity index (χ1v) is 11.4. The molecule has 2 aromatic rings. The Balaban J connectivity index is 1.62. The Labute approximate surface area is 172 Å². The van der Waals surface area contributed by atoms with Crippen LogP contribution in [0.3, 0.4) is 0 Å². The van der Waals surface area contributed by atoms with Gasteiger partial charge in [0.05, 0.1) is 10.9 Å². The average Bonchev–Trinajstić information content (AvgIpc) is 2.73. The number of carbonyl (C=O) groups excluding carboxylic acids is 1. The molecule has 1 fully saturated rings. The molecule has 0 unspecified atom stereocenters. The van der Waals surface area contributed by atoms with Crippen LogP contribution in [0.2, 0.25) is 0 Å². The molecule has 0 spiro atoms. The molecule has 1 aliphatic heterocycles. The second kappa shape index (κ2) is 9.05. The highest BCUT2D eigenvalue weighted by Gasteiger charge is 2.32. The van der Waals surface area contributed by atoms with Gasteiger partial charge in [0.2, 0.25) is 15.9 Å². The molecule has 29 heavy (non-hydrogen) atoms. The lowest BCUT2D eigenvalue weighted by Gasteiger charge is -2.31. The van der Waals surface area contributed by atoms with Gasteiger partial charge < -0.3 is 5.32 Å². The largest absolute Gasteiger partial charge is 0.349 e. The Hall–Kier alpha value is -2.25. The first kappa shape index (κ1) is 21.5. The van der Waals surface area contributed by atoms with Crippen molar-refractivity contribution in [2.45, 2.75) is 44.0 Å². The molecule has 1 heterocycles. The predicted molar refractivity (Wildman–Crippen MR) is 110 cm³/mol. The Bertz CT molecular complexity index is 952. The van der Waals surface area contributed by atoms with Gasteiger partial charge in [-0.3, -0.25) is 4.79 Å². The van der Waals surface area contributed by atoms with Crippen LogP contribution in [0.1, 0.15) is 43.4 Å². The fraction of sp³-hybridized carbons (Fsp3) is 0.409. The van der Waals surface area contributed by atoms with Crippen molar-refractivity contribution in [3.63, 3.8) is 0 Å². The van der Waals surface area contributed by atoms with Crippen molar-refractivity contribution >= 4 is 15.9 Å². The number of hydrogen-bond donors (Lipinski definition) is 1. The first-order valence-electron chi connectivity index (χ1n) is 9.94. The molecule has 2 aromatic carbocycles. The van der Waals surface area contributed by atoms with E-state index >= 15 is 0 Å². The Morgan fingerprint density at radius 3 is 2.34 bits per heavy atom. The van der Waals surface area contributed by atoms with E-state index in [-0.39, 0.29) is 35.9 Å². The molecule has 1 saturated heterocycles. The van der Waals surface area contributed by atoms with Gasteiger partial charge >= 0.3 is 0 Å². The van der Waals surface area contributed by atoms with E-state index in [1.54, 1.807) is 0 Å². The van der Waals surface area contributed by atoms with Crippen molar-refractivity contribution in [1.29, 1.82) is 0 Å². The Kier molecular flexibility index (Phi) is 6.70. The minimum absolute atomic E-state index is 0.0288. The lowest BCUT2D eigenvalue weighted by molar-refractivity contribution is -0.126. The highest BCUT2D eigenvalue weighted by molar-refractivity contribution is 7.89. The van der Waals surface area contributed by atoms with Crippen molar-refractivity contribution in [1.82, 2.24) is 9.62 Å². The van der Waals surface area contributed by atoms with Gasteiger partial charge in [-0.05, 0) is 61.6 Å². The zero-order valence-electron chi connectivity index (χ0n) is 16.8. The number of carbonyl (C=O) groups is 1. The van der Waals surface area contributed by atoms with Crippen LogP contribution in [0.4, 0.5) is 4.39 Å². The van der Waals surface area contributed by atoms with E-state index in [1.165, 1.54) is 16.4 Å². The number of halogens is 1. The summed E-state index contributed by atoms with van der Waals surface area (Å²) in [6.07, 6.45) is 1.72. The minimum Gasteiger partial charge on any atom is -0.349 e. The first-order chi connectivity index (χ1) is 13.8. The van der Waals surface area contributed by atoms with Gasteiger partial charge in [0.1, 0.15) is 5.82 Å². The summed E-state index contributed by atoms with van der Waals surface area (Å²) in [6.45, 7) is 4.62. The molecule has 1 N–H and O–H groups in total. The number of hydrogen-bond acceptors (Lipinski definition) is 3. The van der Waals surface area contributed by atoms with Gasteiger partial charge in [-0.25, -0.2) is 12.8 Å². The van der Waals surface area contributed by atoms with Crippen LogP contribution in [-0.2, 0) is 14.8 Å². The fourth-order valence-corrected chi connectivity index (χ4v) is 5.25. The van der Waals surface area contributed by atoms with Crippen LogP contribution >= 0.6 is 0 Å². The topological polar surface area (TPSA) is 66.5 Å². The number of aryl methyl sites for hydroxylation is 1. The third-order valence-corrected chi connectivity index (χ3v) is 7.48. The lowest BCUT2D eigenvalue weighted by atomic mass is 9.94. The van der Waals surface area contributed by atoms with Gasteiger partial charge in [0, 0.05) is 19.0 Å². The zero-order valence-corrected chi connectivity index (χ0v) is 17.6. The average molecular weight is 419 g/mol. The maximum absolute atomic E-state index is 13.1. The molecule has 0 aromatic heterocycles. The van der Waals surface area contributed by atoms with Crippen LogP contribution in [0, 0.1) is 18.7 Å². The standard InChI is InChI=1S/C22H27FN2O3S/c1-3-21(20-7-5-4-6-16(20)2)24-22(26)17-12-14-25(15-13-17)29(27,28)19-10-8-18(23)9-11-19/h4-11,17,21H,3,12-15H2,1-2H3,(H,24,26)/t21-/m1/s1. The third kappa shape index (κ3) is 4.85. The van der Waals surface area contributed by atoms with Gasteiger partial charge in [0.25, 0.3) is 0 Å². The number of rotatable bonds is 6. The summed E-state index contributed by atoms with van der Waals surface area (Å²) in [5.74, 6) is -0.717. The van der Waals surface area contributed by atoms with Gasteiger partial charge in [-0.15, -0.1) is 0 Å². The zero-order chi connectivity index (χ0) is 21.0. The van der Waals surface area contributed by atoms with Crippen LogP contribution in [0.25, 0.3) is 0 Å². The molecule has 5 nitrogen and oxygen atoms in total. The maximum Gasteiger partial charge on any atom is 0.243 e. The second-order valence-electron chi connectivity index (χ2n) is 7.46. The molecule has 0 saturated carbocycles. The van der Waals surface area contributed by atoms with Gasteiger partial charge in [-0.2, -0.15) is 4.31 Å². The number of nitrogens with zero attached hydrogens (tertiary/aromatic N) is 1. The monoisotopic (exact) mass is 418 g/mol. The van der Waals surface area contributed by atoms with Crippen molar-refractivity contribution in [2.24, 2.45) is 5.92 Å². The summed E-state index contributed by atoms with van der Waals surface area (Å²) in [7, 11) is -3.67. The summed E-state index contributed by atoms with van der Waals surface area (Å²) in [4.78, 5) is 12.9. The molecule has 7 heteroatoms. The Morgan fingerprint density at radius 2 is 1.76 bits per heavy atom. The van der Waals surface area contributed by atoms with E-state index in [1.807, 2.05) is 38.1 Å². The molecule has 1 amide bonds. The maximum atomic E-state index is 13.1. The molecule has 0 bridgehead atoms. The van der Waals surface area contributed by atoms with Crippen molar-refractivity contribution in [3.05, 3.63) is 65.5 Å². The van der Waals surface area contributed by atoms with Crippen LogP contribution in [0.5, 0.6) is 0 Å². The molecular formula is C22H27FN2O3S.